The molecular weight excluding hydrogens is 277 g/mol. The number of aromatic nitrogens is 1. The molecule has 0 atom stereocenters. The summed E-state index contributed by atoms with van der Waals surface area (Å²) in [7, 11) is 0. The van der Waals surface area contributed by atoms with Crippen molar-refractivity contribution in [1.29, 1.82) is 0 Å². The van der Waals surface area contributed by atoms with Gasteiger partial charge in [-0.2, -0.15) is 0 Å². The summed E-state index contributed by atoms with van der Waals surface area (Å²) in [5.41, 5.74) is 4.31. The largest absolute Gasteiger partial charge is 0.317 e. The number of hydrazine groups is 1. The van der Waals surface area contributed by atoms with Crippen molar-refractivity contribution in [2.75, 3.05) is 18.5 Å². The maximum Gasteiger partial charge on any atom is 0.143 e. The first-order chi connectivity index (χ1) is 7.25. The first-order valence-corrected chi connectivity index (χ1v) is 6.25. The van der Waals surface area contributed by atoms with Crippen molar-refractivity contribution in [3.05, 3.63) is 21.9 Å². The molecule has 0 spiro atoms. The second kappa shape index (κ2) is 5.14. The number of hydrogen-bond donors (Lipinski definition) is 1. The average Bonchev–Trinajstić information content (AvgIpc) is 2.25. The van der Waals surface area contributed by atoms with Gasteiger partial charge in [0.15, 0.2) is 0 Å². The van der Waals surface area contributed by atoms with E-state index in [0.29, 0.717) is 5.15 Å². The van der Waals surface area contributed by atoms with Crippen LogP contribution in [0.15, 0.2) is 16.7 Å². The van der Waals surface area contributed by atoms with Crippen LogP contribution in [0.4, 0.5) is 5.69 Å². The molecule has 2 rings (SSSR count). The molecule has 0 amide bonds. The number of rotatable bonds is 2. The molecular formula is C10H13BrClN3. The van der Waals surface area contributed by atoms with E-state index in [-0.39, 0.29) is 0 Å². The first kappa shape index (κ1) is 11.2. The summed E-state index contributed by atoms with van der Waals surface area (Å²) in [4.78, 5) is 4.07. The van der Waals surface area contributed by atoms with Gasteiger partial charge in [0.2, 0.25) is 0 Å². The summed E-state index contributed by atoms with van der Waals surface area (Å²) in [6.07, 6.45) is 5.60. The summed E-state index contributed by atoms with van der Waals surface area (Å²) < 4.78 is 0.825. The molecule has 1 aromatic heterocycles. The fraction of sp³-hybridized carbons (Fsp3) is 0.500. The fourth-order valence-electron chi connectivity index (χ4n) is 1.67. The lowest BCUT2D eigenvalue weighted by Crippen LogP contribution is -2.34. The maximum atomic E-state index is 5.82. The van der Waals surface area contributed by atoms with Gasteiger partial charge in [0.1, 0.15) is 5.15 Å². The van der Waals surface area contributed by atoms with Gasteiger partial charge in [-0.3, -0.25) is 0 Å². The summed E-state index contributed by atoms with van der Waals surface area (Å²) in [5.74, 6) is 0. The third kappa shape index (κ3) is 3.06. The number of piperidine rings is 1. The van der Waals surface area contributed by atoms with Gasteiger partial charge in [0.05, 0.1) is 16.4 Å². The van der Waals surface area contributed by atoms with Crippen molar-refractivity contribution in [1.82, 2.24) is 9.99 Å². The lowest BCUT2D eigenvalue weighted by molar-refractivity contribution is 0.273. The molecule has 1 N–H and O–H groups in total. The Balaban J connectivity index is 2.00. The third-order valence-electron chi connectivity index (χ3n) is 2.44. The summed E-state index contributed by atoms with van der Waals surface area (Å²) in [5, 5.41) is 2.72. The van der Waals surface area contributed by atoms with Crippen molar-refractivity contribution < 1.29 is 0 Å². The van der Waals surface area contributed by atoms with Crippen LogP contribution in [-0.2, 0) is 0 Å². The van der Waals surface area contributed by atoms with Crippen molar-refractivity contribution in [2.45, 2.75) is 19.3 Å². The molecule has 0 saturated carbocycles. The number of hydrogen-bond acceptors (Lipinski definition) is 3. The highest BCUT2D eigenvalue weighted by Gasteiger charge is 2.10. The average molecular weight is 291 g/mol. The molecule has 1 saturated heterocycles. The van der Waals surface area contributed by atoms with Gasteiger partial charge >= 0.3 is 0 Å². The molecule has 2 heterocycles. The fourth-order valence-corrected chi connectivity index (χ4v) is 2.12. The standard InChI is InChI=1S/C10H13BrClN3/c11-9-6-8(7-13-10(9)12)14-15-4-2-1-3-5-15/h6-7,14H,1-5H2. The topological polar surface area (TPSA) is 28.2 Å². The molecule has 1 aliphatic heterocycles. The van der Waals surface area contributed by atoms with E-state index in [1.807, 2.05) is 6.07 Å². The van der Waals surface area contributed by atoms with Crippen molar-refractivity contribution >= 4 is 33.2 Å². The van der Waals surface area contributed by atoms with Crippen LogP contribution < -0.4 is 5.43 Å². The highest BCUT2D eigenvalue weighted by atomic mass is 79.9. The van der Waals surface area contributed by atoms with E-state index in [1.165, 1.54) is 19.3 Å². The zero-order valence-electron chi connectivity index (χ0n) is 8.34. The number of halogens is 2. The Morgan fingerprint density at radius 2 is 2.07 bits per heavy atom. The van der Waals surface area contributed by atoms with Gasteiger partial charge in [0.25, 0.3) is 0 Å². The van der Waals surface area contributed by atoms with Crippen LogP contribution in [0.3, 0.4) is 0 Å². The minimum atomic E-state index is 0.499. The van der Waals surface area contributed by atoms with Gasteiger partial charge in [-0.1, -0.05) is 18.0 Å². The van der Waals surface area contributed by atoms with E-state index in [9.17, 15) is 0 Å². The lowest BCUT2D eigenvalue weighted by Gasteiger charge is -2.27. The van der Waals surface area contributed by atoms with Gasteiger partial charge in [-0.25, -0.2) is 9.99 Å². The van der Waals surface area contributed by atoms with Crippen LogP contribution in [0, 0.1) is 0 Å². The molecule has 1 aromatic rings. The Hall–Kier alpha value is -0.320. The Kier molecular flexibility index (Phi) is 3.83. The molecule has 15 heavy (non-hydrogen) atoms. The molecule has 1 fully saturated rings. The van der Waals surface area contributed by atoms with Crippen LogP contribution in [0.2, 0.25) is 5.15 Å². The number of nitrogens with one attached hydrogen (secondary N) is 1. The van der Waals surface area contributed by atoms with Crippen molar-refractivity contribution in [3.8, 4) is 0 Å². The van der Waals surface area contributed by atoms with Crippen molar-refractivity contribution in [2.24, 2.45) is 0 Å². The Morgan fingerprint density at radius 3 is 2.73 bits per heavy atom. The second-order valence-electron chi connectivity index (χ2n) is 3.66. The minimum Gasteiger partial charge on any atom is -0.317 e. The zero-order chi connectivity index (χ0) is 10.7. The Morgan fingerprint density at radius 1 is 1.33 bits per heavy atom. The van der Waals surface area contributed by atoms with Crippen molar-refractivity contribution in [3.63, 3.8) is 0 Å². The molecule has 0 unspecified atom stereocenters. The lowest BCUT2D eigenvalue weighted by atomic mass is 10.2. The predicted octanol–water partition coefficient (Wildman–Crippen LogP) is 3.31. The molecule has 1 aliphatic rings. The van der Waals surface area contributed by atoms with Crippen LogP contribution >= 0.6 is 27.5 Å². The van der Waals surface area contributed by atoms with E-state index >= 15 is 0 Å². The van der Waals surface area contributed by atoms with E-state index < -0.39 is 0 Å². The normalized spacial score (nSPS) is 17.7. The van der Waals surface area contributed by atoms with Gasteiger partial charge < -0.3 is 5.43 Å². The first-order valence-electron chi connectivity index (χ1n) is 5.08. The number of pyridine rings is 1. The molecule has 5 heteroatoms. The molecule has 3 nitrogen and oxygen atoms in total. The van der Waals surface area contributed by atoms with E-state index in [4.69, 9.17) is 11.6 Å². The quantitative estimate of drug-likeness (QED) is 0.847. The van der Waals surface area contributed by atoms with Crippen LogP contribution in [0.25, 0.3) is 0 Å². The SMILES string of the molecule is Clc1ncc(NN2CCCCC2)cc1Br. The molecule has 0 radical (unpaired) electrons. The minimum absolute atomic E-state index is 0.499. The zero-order valence-corrected chi connectivity index (χ0v) is 10.7. The molecule has 0 aliphatic carbocycles. The van der Waals surface area contributed by atoms with E-state index in [1.54, 1.807) is 6.20 Å². The maximum absolute atomic E-state index is 5.82. The van der Waals surface area contributed by atoms with E-state index in [0.717, 1.165) is 23.2 Å². The molecule has 0 bridgehead atoms. The van der Waals surface area contributed by atoms with Gasteiger partial charge in [0, 0.05) is 13.1 Å². The smallest absolute Gasteiger partial charge is 0.143 e. The predicted molar refractivity (Wildman–Crippen MR) is 66.0 cm³/mol. The van der Waals surface area contributed by atoms with Crippen LogP contribution in [-0.4, -0.2) is 23.1 Å². The van der Waals surface area contributed by atoms with Crippen LogP contribution in [0.5, 0.6) is 0 Å². The van der Waals surface area contributed by atoms with Gasteiger partial charge in [-0.15, -0.1) is 0 Å². The highest BCUT2D eigenvalue weighted by Crippen LogP contribution is 2.23. The van der Waals surface area contributed by atoms with E-state index in [2.05, 4.69) is 31.3 Å². The monoisotopic (exact) mass is 289 g/mol. The number of anilines is 1. The molecule has 82 valence electrons. The second-order valence-corrected chi connectivity index (χ2v) is 4.87. The van der Waals surface area contributed by atoms with Gasteiger partial charge in [-0.05, 0) is 34.8 Å². The molecule has 0 aromatic carbocycles. The summed E-state index contributed by atoms with van der Waals surface area (Å²) in [6.45, 7) is 2.19. The van der Waals surface area contributed by atoms with Crippen LogP contribution in [0.1, 0.15) is 19.3 Å². The highest BCUT2D eigenvalue weighted by molar-refractivity contribution is 9.10. The number of nitrogens with zero attached hydrogens (tertiary/aromatic N) is 2. The Bertz CT molecular complexity index is 339. The summed E-state index contributed by atoms with van der Waals surface area (Å²) in [6, 6.07) is 1.95. The summed E-state index contributed by atoms with van der Waals surface area (Å²) >= 11 is 9.18. The Labute approximate surface area is 103 Å². The third-order valence-corrected chi connectivity index (χ3v) is 3.57.